The summed E-state index contributed by atoms with van der Waals surface area (Å²) in [6.07, 6.45) is 5.70. The van der Waals surface area contributed by atoms with Gasteiger partial charge in [0.2, 0.25) is 0 Å². The van der Waals surface area contributed by atoms with Crippen molar-refractivity contribution in [3.05, 3.63) is 48.4 Å². The summed E-state index contributed by atoms with van der Waals surface area (Å²) in [7, 11) is 0. The number of anilines is 2. The van der Waals surface area contributed by atoms with Gasteiger partial charge in [0.25, 0.3) is 0 Å². The van der Waals surface area contributed by atoms with Crippen LogP contribution in [0.5, 0.6) is 0 Å². The van der Waals surface area contributed by atoms with Gasteiger partial charge in [0.1, 0.15) is 17.8 Å². The lowest BCUT2D eigenvalue weighted by Crippen LogP contribution is -2.35. The van der Waals surface area contributed by atoms with Crippen LogP contribution in [0.15, 0.2) is 42.9 Å². The van der Waals surface area contributed by atoms with Gasteiger partial charge in [-0.25, -0.2) is 14.8 Å². The number of aromatic nitrogens is 3. The summed E-state index contributed by atoms with van der Waals surface area (Å²) in [6.45, 7) is 1.87. The topological polar surface area (TPSA) is 99.9 Å². The van der Waals surface area contributed by atoms with Crippen LogP contribution >= 0.6 is 0 Å². The lowest BCUT2D eigenvalue weighted by atomic mass is 9.90. The van der Waals surface area contributed by atoms with Crippen LogP contribution in [0.25, 0.3) is 11.0 Å². The second kappa shape index (κ2) is 6.43. The summed E-state index contributed by atoms with van der Waals surface area (Å²) in [5.41, 5.74) is 8.02. The Hall–Kier alpha value is -3.09. The fourth-order valence-corrected chi connectivity index (χ4v) is 3.56. The zero-order valence-electron chi connectivity index (χ0n) is 13.8. The standard InChI is InChI=1S/C18H20N6O/c19-18(25)23-14-5-1-3-12(9-14)13-4-2-8-24(10-13)17-15-6-7-20-16(15)21-11-22-17/h1,3,5-7,9,11,13H,2,4,8,10H2,(H3,19,23,25)(H,20,21,22). The van der Waals surface area contributed by atoms with Gasteiger partial charge in [0.15, 0.2) is 0 Å². The highest BCUT2D eigenvalue weighted by Gasteiger charge is 2.24. The second-order valence-electron chi connectivity index (χ2n) is 6.34. The summed E-state index contributed by atoms with van der Waals surface area (Å²) in [5, 5.41) is 3.70. The van der Waals surface area contributed by atoms with Crippen LogP contribution in [-0.4, -0.2) is 34.1 Å². The van der Waals surface area contributed by atoms with E-state index in [9.17, 15) is 4.79 Å². The minimum atomic E-state index is -0.543. The average molecular weight is 336 g/mol. The zero-order chi connectivity index (χ0) is 17.2. The third-order valence-corrected chi connectivity index (χ3v) is 4.68. The number of aromatic amines is 1. The molecule has 1 fully saturated rings. The molecule has 7 heteroatoms. The number of piperidine rings is 1. The predicted molar refractivity (Wildman–Crippen MR) is 97.7 cm³/mol. The summed E-state index contributed by atoms with van der Waals surface area (Å²) in [4.78, 5) is 25.3. The molecule has 2 amide bonds. The number of urea groups is 1. The molecule has 3 heterocycles. The number of carbonyl (C=O) groups is 1. The Kier molecular flexibility index (Phi) is 3.97. The molecule has 4 N–H and O–H groups in total. The maximum Gasteiger partial charge on any atom is 0.316 e. The number of H-pyrrole nitrogens is 1. The first-order valence-electron chi connectivity index (χ1n) is 8.40. The minimum absolute atomic E-state index is 0.382. The first-order chi connectivity index (χ1) is 12.2. The van der Waals surface area contributed by atoms with Gasteiger partial charge in [-0.3, -0.25) is 0 Å². The van der Waals surface area contributed by atoms with Gasteiger partial charge in [0.05, 0.1) is 5.39 Å². The number of nitrogens with two attached hydrogens (primary N) is 1. The third-order valence-electron chi connectivity index (χ3n) is 4.68. The van der Waals surface area contributed by atoms with E-state index in [1.807, 2.05) is 30.5 Å². The van der Waals surface area contributed by atoms with E-state index in [2.05, 4.69) is 31.2 Å². The minimum Gasteiger partial charge on any atom is -0.355 e. The Morgan fingerprint density at radius 1 is 1.32 bits per heavy atom. The molecule has 3 aromatic rings. The van der Waals surface area contributed by atoms with Crippen LogP contribution in [0, 0.1) is 0 Å². The fourth-order valence-electron chi connectivity index (χ4n) is 3.56. The van der Waals surface area contributed by atoms with E-state index in [-0.39, 0.29) is 0 Å². The zero-order valence-corrected chi connectivity index (χ0v) is 13.8. The summed E-state index contributed by atoms with van der Waals surface area (Å²) in [5.74, 6) is 1.36. The number of hydrogen-bond acceptors (Lipinski definition) is 4. The number of primary amides is 1. The van der Waals surface area contributed by atoms with Crippen molar-refractivity contribution in [2.75, 3.05) is 23.3 Å². The second-order valence-corrected chi connectivity index (χ2v) is 6.34. The number of rotatable bonds is 3. The summed E-state index contributed by atoms with van der Waals surface area (Å²) >= 11 is 0. The monoisotopic (exact) mass is 336 g/mol. The van der Waals surface area contributed by atoms with Crippen molar-refractivity contribution in [1.29, 1.82) is 0 Å². The van der Waals surface area contributed by atoms with Crippen LogP contribution in [0.4, 0.5) is 16.3 Å². The lowest BCUT2D eigenvalue weighted by Gasteiger charge is -2.34. The normalized spacial score (nSPS) is 17.6. The van der Waals surface area contributed by atoms with Crippen molar-refractivity contribution in [2.24, 2.45) is 5.73 Å². The molecule has 0 spiro atoms. The van der Waals surface area contributed by atoms with Crippen molar-refractivity contribution < 1.29 is 4.79 Å². The maximum absolute atomic E-state index is 11.1. The Balaban J connectivity index is 1.59. The van der Waals surface area contributed by atoms with Crippen molar-refractivity contribution in [3.8, 4) is 0 Å². The van der Waals surface area contributed by atoms with Gasteiger partial charge in [-0.1, -0.05) is 12.1 Å². The SMILES string of the molecule is NC(=O)Nc1cccc(C2CCCN(c3ncnc4[nH]ccc34)C2)c1. The van der Waals surface area contributed by atoms with Crippen LogP contribution in [0.1, 0.15) is 24.3 Å². The highest BCUT2D eigenvalue weighted by Crippen LogP contribution is 2.32. The van der Waals surface area contributed by atoms with Crippen molar-refractivity contribution in [2.45, 2.75) is 18.8 Å². The lowest BCUT2D eigenvalue weighted by molar-refractivity contribution is 0.259. The molecule has 0 aliphatic carbocycles. The molecule has 0 saturated carbocycles. The molecule has 1 aliphatic heterocycles. The number of nitrogens with zero attached hydrogens (tertiary/aromatic N) is 3. The molecular formula is C18H20N6O. The van der Waals surface area contributed by atoms with Crippen molar-refractivity contribution in [1.82, 2.24) is 15.0 Å². The van der Waals surface area contributed by atoms with Crippen LogP contribution < -0.4 is 16.0 Å². The van der Waals surface area contributed by atoms with E-state index in [1.165, 1.54) is 5.56 Å². The van der Waals surface area contributed by atoms with E-state index in [4.69, 9.17) is 5.73 Å². The van der Waals surface area contributed by atoms with E-state index in [0.717, 1.165) is 48.5 Å². The van der Waals surface area contributed by atoms with Crippen LogP contribution in [0.3, 0.4) is 0 Å². The highest BCUT2D eigenvalue weighted by molar-refractivity contribution is 5.88. The predicted octanol–water partition coefficient (Wildman–Crippen LogP) is 2.83. The molecule has 1 aromatic carbocycles. The molecule has 25 heavy (non-hydrogen) atoms. The Labute approximate surface area is 145 Å². The van der Waals surface area contributed by atoms with E-state index in [0.29, 0.717) is 5.92 Å². The third kappa shape index (κ3) is 3.13. The van der Waals surface area contributed by atoms with Crippen LogP contribution in [-0.2, 0) is 0 Å². The maximum atomic E-state index is 11.1. The Morgan fingerprint density at radius 2 is 2.24 bits per heavy atom. The molecule has 0 bridgehead atoms. The first kappa shape index (κ1) is 15.4. The van der Waals surface area contributed by atoms with Crippen molar-refractivity contribution >= 4 is 28.6 Å². The molecule has 1 unspecified atom stereocenters. The number of carbonyl (C=O) groups excluding carboxylic acids is 1. The summed E-state index contributed by atoms with van der Waals surface area (Å²) < 4.78 is 0. The molecule has 4 rings (SSSR count). The van der Waals surface area contributed by atoms with Gasteiger partial charge >= 0.3 is 6.03 Å². The first-order valence-corrected chi connectivity index (χ1v) is 8.40. The number of hydrogen-bond donors (Lipinski definition) is 3. The highest BCUT2D eigenvalue weighted by atomic mass is 16.2. The Morgan fingerprint density at radius 3 is 3.12 bits per heavy atom. The molecule has 1 saturated heterocycles. The average Bonchev–Trinajstić information content (AvgIpc) is 3.10. The molecule has 7 nitrogen and oxygen atoms in total. The number of fused-ring (bicyclic) bond motifs is 1. The molecule has 0 radical (unpaired) electrons. The van der Waals surface area contributed by atoms with Gasteiger partial charge in [-0.05, 0) is 36.6 Å². The van der Waals surface area contributed by atoms with Gasteiger partial charge in [0, 0.05) is 30.9 Å². The molecule has 1 aliphatic rings. The molecule has 2 aromatic heterocycles. The summed E-state index contributed by atoms with van der Waals surface area (Å²) in [6, 6.07) is 9.39. The Bertz CT molecular complexity index is 905. The fraction of sp³-hybridized carbons (Fsp3) is 0.278. The van der Waals surface area contributed by atoms with E-state index < -0.39 is 6.03 Å². The van der Waals surface area contributed by atoms with Crippen molar-refractivity contribution in [3.63, 3.8) is 0 Å². The number of benzene rings is 1. The molecule has 128 valence electrons. The van der Waals surface area contributed by atoms with E-state index in [1.54, 1.807) is 6.33 Å². The van der Waals surface area contributed by atoms with E-state index >= 15 is 0 Å². The largest absolute Gasteiger partial charge is 0.355 e. The number of amides is 2. The molecular weight excluding hydrogens is 316 g/mol. The van der Waals surface area contributed by atoms with Gasteiger partial charge in [-0.15, -0.1) is 0 Å². The van der Waals surface area contributed by atoms with Gasteiger partial charge < -0.3 is 20.9 Å². The number of nitrogens with one attached hydrogen (secondary N) is 2. The quantitative estimate of drug-likeness (QED) is 0.684. The van der Waals surface area contributed by atoms with Gasteiger partial charge in [-0.2, -0.15) is 0 Å². The molecule has 1 atom stereocenters. The smallest absolute Gasteiger partial charge is 0.316 e. The van der Waals surface area contributed by atoms with Crippen LogP contribution in [0.2, 0.25) is 0 Å².